The van der Waals surface area contributed by atoms with Crippen LogP contribution in [0.25, 0.3) is 11.1 Å². The largest absolute Gasteiger partial charge is 0.497 e. The van der Waals surface area contributed by atoms with Crippen molar-refractivity contribution in [3.8, 4) is 16.9 Å². The van der Waals surface area contributed by atoms with E-state index in [4.69, 9.17) is 9.84 Å². The minimum absolute atomic E-state index is 0.129. The van der Waals surface area contributed by atoms with Crippen molar-refractivity contribution in [2.45, 2.75) is 13.3 Å². The standard InChI is InChI=1S/C19H24N2O3/c1-14(13-22)11-12-20-19(23)21-18-6-4-3-5-17(18)15-7-9-16(24-2)10-8-15/h3-10,14,22H,11-13H2,1-2H3,(H2,20,21,23)/t14-/m1/s1. The van der Waals surface area contributed by atoms with Crippen LogP contribution in [0.3, 0.4) is 0 Å². The molecule has 2 aromatic rings. The first-order chi connectivity index (χ1) is 11.6. The number of carbonyl (C=O) groups excluding carboxylic acids is 1. The quantitative estimate of drug-likeness (QED) is 0.728. The molecule has 2 amide bonds. The Bertz CT molecular complexity index is 656. The topological polar surface area (TPSA) is 70.6 Å². The van der Waals surface area contributed by atoms with Crippen molar-refractivity contribution in [3.63, 3.8) is 0 Å². The summed E-state index contributed by atoms with van der Waals surface area (Å²) in [5, 5.41) is 14.7. The van der Waals surface area contributed by atoms with Gasteiger partial charge in [0, 0.05) is 18.7 Å². The van der Waals surface area contributed by atoms with Crippen LogP contribution in [0.1, 0.15) is 13.3 Å². The molecule has 128 valence electrons. The third kappa shape index (κ3) is 4.99. The molecule has 0 aliphatic carbocycles. The Hall–Kier alpha value is -2.53. The highest BCUT2D eigenvalue weighted by atomic mass is 16.5. The Kier molecular flexibility index (Phi) is 6.63. The van der Waals surface area contributed by atoms with Gasteiger partial charge in [-0.1, -0.05) is 37.3 Å². The molecular weight excluding hydrogens is 304 g/mol. The number of aliphatic hydroxyl groups is 1. The fourth-order valence-electron chi connectivity index (χ4n) is 2.30. The number of carbonyl (C=O) groups is 1. The average molecular weight is 328 g/mol. The summed E-state index contributed by atoms with van der Waals surface area (Å²) in [4.78, 5) is 12.1. The van der Waals surface area contributed by atoms with Gasteiger partial charge in [-0.2, -0.15) is 0 Å². The van der Waals surface area contributed by atoms with Gasteiger partial charge in [0.15, 0.2) is 0 Å². The summed E-state index contributed by atoms with van der Waals surface area (Å²) < 4.78 is 5.18. The molecule has 0 saturated carbocycles. The summed E-state index contributed by atoms with van der Waals surface area (Å²) in [6.45, 7) is 2.60. The molecule has 5 heteroatoms. The van der Waals surface area contributed by atoms with Crippen molar-refractivity contribution in [2.75, 3.05) is 25.6 Å². The Labute approximate surface area is 142 Å². The van der Waals surface area contributed by atoms with E-state index in [1.54, 1.807) is 7.11 Å². The summed E-state index contributed by atoms with van der Waals surface area (Å²) in [6, 6.07) is 15.1. The average Bonchev–Trinajstić information content (AvgIpc) is 2.62. The number of hydrogen-bond donors (Lipinski definition) is 3. The minimum atomic E-state index is -0.249. The first-order valence-electron chi connectivity index (χ1n) is 8.03. The summed E-state index contributed by atoms with van der Waals surface area (Å²) in [7, 11) is 1.63. The van der Waals surface area contributed by atoms with Gasteiger partial charge in [-0.15, -0.1) is 0 Å². The van der Waals surface area contributed by atoms with Gasteiger partial charge >= 0.3 is 6.03 Å². The number of rotatable bonds is 7. The van der Waals surface area contributed by atoms with Crippen molar-refractivity contribution < 1.29 is 14.6 Å². The molecule has 1 atom stereocenters. The molecule has 0 bridgehead atoms. The lowest BCUT2D eigenvalue weighted by molar-refractivity contribution is 0.227. The van der Waals surface area contributed by atoms with Crippen LogP contribution in [0.5, 0.6) is 5.75 Å². The van der Waals surface area contributed by atoms with Crippen LogP contribution in [0.4, 0.5) is 10.5 Å². The number of methoxy groups -OCH3 is 1. The van der Waals surface area contributed by atoms with Crippen molar-refractivity contribution in [3.05, 3.63) is 48.5 Å². The van der Waals surface area contributed by atoms with Gasteiger partial charge in [-0.05, 0) is 36.1 Å². The molecule has 0 heterocycles. The summed E-state index contributed by atoms with van der Waals surface area (Å²) in [5.41, 5.74) is 2.69. The minimum Gasteiger partial charge on any atom is -0.497 e. The molecule has 0 aromatic heterocycles. The highest BCUT2D eigenvalue weighted by Crippen LogP contribution is 2.29. The van der Waals surface area contributed by atoms with E-state index in [2.05, 4.69) is 10.6 Å². The fraction of sp³-hybridized carbons (Fsp3) is 0.316. The van der Waals surface area contributed by atoms with Crippen LogP contribution in [0.15, 0.2) is 48.5 Å². The zero-order chi connectivity index (χ0) is 17.4. The first-order valence-corrected chi connectivity index (χ1v) is 8.03. The lowest BCUT2D eigenvalue weighted by Crippen LogP contribution is -2.30. The number of anilines is 1. The number of aliphatic hydroxyl groups excluding tert-OH is 1. The van der Waals surface area contributed by atoms with E-state index >= 15 is 0 Å². The van der Waals surface area contributed by atoms with E-state index in [1.165, 1.54) is 0 Å². The number of amides is 2. The van der Waals surface area contributed by atoms with Crippen LogP contribution in [-0.2, 0) is 0 Å². The number of ether oxygens (including phenoxy) is 1. The summed E-state index contributed by atoms with van der Waals surface area (Å²) >= 11 is 0. The first kappa shape index (κ1) is 17.8. The van der Waals surface area contributed by atoms with Gasteiger partial charge in [0.1, 0.15) is 5.75 Å². The lowest BCUT2D eigenvalue weighted by Gasteiger charge is -2.13. The van der Waals surface area contributed by atoms with Gasteiger partial charge < -0.3 is 20.5 Å². The van der Waals surface area contributed by atoms with Crippen LogP contribution in [0, 0.1) is 5.92 Å². The van der Waals surface area contributed by atoms with Gasteiger partial charge in [0.25, 0.3) is 0 Å². The second-order valence-electron chi connectivity index (χ2n) is 5.73. The summed E-state index contributed by atoms with van der Waals surface area (Å²) in [6.07, 6.45) is 0.740. The molecule has 5 nitrogen and oxygen atoms in total. The van der Waals surface area contributed by atoms with Gasteiger partial charge in [0.05, 0.1) is 12.8 Å². The molecule has 0 spiro atoms. The third-order valence-corrected chi connectivity index (χ3v) is 3.81. The number of para-hydroxylation sites is 1. The summed E-state index contributed by atoms with van der Waals surface area (Å²) in [5.74, 6) is 0.969. The van der Waals surface area contributed by atoms with Crippen molar-refractivity contribution in [1.29, 1.82) is 0 Å². The van der Waals surface area contributed by atoms with Crippen LogP contribution in [0.2, 0.25) is 0 Å². The Balaban J connectivity index is 2.04. The second kappa shape index (κ2) is 8.93. The second-order valence-corrected chi connectivity index (χ2v) is 5.73. The maximum atomic E-state index is 12.1. The molecule has 0 aliphatic heterocycles. The molecule has 2 rings (SSSR count). The van der Waals surface area contributed by atoms with Gasteiger partial charge in [0.2, 0.25) is 0 Å². The molecule has 0 unspecified atom stereocenters. The highest BCUT2D eigenvalue weighted by Gasteiger charge is 2.08. The lowest BCUT2D eigenvalue weighted by atomic mass is 10.0. The Morgan fingerprint density at radius 3 is 2.54 bits per heavy atom. The number of urea groups is 1. The zero-order valence-corrected chi connectivity index (χ0v) is 14.1. The smallest absolute Gasteiger partial charge is 0.319 e. The highest BCUT2D eigenvalue weighted by molar-refractivity contribution is 5.94. The van der Waals surface area contributed by atoms with E-state index in [0.29, 0.717) is 6.54 Å². The SMILES string of the molecule is COc1ccc(-c2ccccc2NC(=O)NCC[C@@H](C)CO)cc1. The predicted molar refractivity (Wildman–Crippen MR) is 96.3 cm³/mol. The Morgan fingerprint density at radius 2 is 1.88 bits per heavy atom. The van der Waals surface area contributed by atoms with Crippen LogP contribution >= 0.6 is 0 Å². The van der Waals surface area contributed by atoms with E-state index in [0.717, 1.165) is 29.0 Å². The van der Waals surface area contributed by atoms with Crippen molar-refractivity contribution in [2.24, 2.45) is 5.92 Å². The molecular formula is C19H24N2O3. The number of nitrogens with one attached hydrogen (secondary N) is 2. The number of benzene rings is 2. The van der Waals surface area contributed by atoms with Crippen molar-refractivity contribution in [1.82, 2.24) is 5.32 Å². The normalized spacial score (nSPS) is 11.6. The van der Waals surface area contributed by atoms with E-state index in [1.807, 2.05) is 55.5 Å². The molecule has 3 N–H and O–H groups in total. The monoisotopic (exact) mass is 328 g/mol. The molecule has 2 aromatic carbocycles. The van der Waals surface area contributed by atoms with E-state index < -0.39 is 0 Å². The molecule has 0 aliphatic rings. The zero-order valence-electron chi connectivity index (χ0n) is 14.1. The predicted octanol–water partition coefficient (Wildman–Crippen LogP) is 3.50. The third-order valence-electron chi connectivity index (χ3n) is 3.81. The van der Waals surface area contributed by atoms with E-state index in [9.17, 15) is 4.79 Å². The Morgan fingerprint density at radius 1 is 1.17 bits per heavy atom. The van der Waals surface area contributed by atoms with Crippen LogP contribution in [-0.4, -0.2) is 31.4 Å². The fourth-order valence-corrected chi connectivity index (χ4v) is 2.30. The van der Waals surface area contributed by atoms with E-state index in [-0.39, 0.29) is 18.6 Å². The van der Waals surface area contributed by atoms with Gasteiger partial charge in [-0.25, -0.2) is 4.79 Å². The molecule has 0 radical (unpaired) electrons. The maximum Gasteiger partial charge on any atom is 0.319 e. The van der Waals surface area contributed by atoms with Gasteiger partial charge in [-0.3, -0.25) is 0 Å². The number of hydrogen-bond acceptors (Lipinski definition) is 3. The maximum absolute atomic E-state index is 12.1. The molecule has 0 fully saturated rings. The van der Waals surface area contributed by atoms with Crippen molar-refractivity contribution >= 4 is 11.7 Å². The van der Waals surface area contributed by atoms with Crippen LogP contribution < -0.4 is 15.4 Å². The molecule has 0 saturated heterocycles. The molecule has 24 heavy (non-hydrogen) atoms.